The Morgan fingerprint density at radius 1 is 1.29 bits per heavy atom. The molecule has 0 aliphatic rings. The largest absolute Gasteiger partial charge is 0.573 e. The van der Waals surface area contributed by atoms with E-state index >= 15 is 0 Å². The molecule has 0 spiro atoms. The molecule has 0 unspecified atom stereocenters. The third-order valence-electron chi connectivity index (χ3n) is 3.18. The first-order chi connectivity index (χ1) is 11.3. The van der Waals surface area contributed by atoms with Crippen LogP contribution in [0.2, 0.25) is 0 Å². The maximum absolute atomic E-state index is 12.3. The fourth-order valence-electron chi connectivity index (χ4n) is 2.09. The molecule has 1 heterocycles. The van der Waals surface area contributed by atoms with Gasteiger partial charge in [0.2, 0.25) is 0 Å². The van der Waals surface area contributed by atoms with Gasteiger partial charge in [-0.05, 0) is 25.0 Å². The van der Waals surface area contributed by atoms with Gasteiger partial charge in [0.25, 0.3) is 5.91 Å². The number of hydrogen-bond donors (Lipinski definition) is 2. The maximum Gasteiger partial charge on any atom is 0.573 e. The van der Waals surface area contributed by atoms with Crippen molar-refractivity contribution in [3.05, 3.63) is 63.6 Å². The van der Waals surface area contributed by atoms with Crippen LogP contribution in [0.25, 0.3) is 0 Å². The molecule has 0 aliphatic carbocycles. The van der Waals surface area contributed by atoms with Gasteiger partial charge < -0.3 is 15.0 Å². The summed E-state index contributed by atoms with van der Waals surface area (Å²) in [5.74, 6) is -0.905. The average molecular weight is 340 g/mol. The van der Waals surface area contributed by atoms with E-state index in [-0.39, 0.29) is 24.3 Å². The Hall–Kier alpha value is -2.77. The quantitative estimate of drug-likeness (QED) is 0.879. The number of amides is 1. The van der Waals surface area contributed by atoms with Crippen LogP contribution in [0.15, 0.2) is 41.3 Å². The summed E-state index contributed by atoms with van der Waals surface area (Å²) in [6.07, 6.45) is -3.36. The number of rotatable bonds is 5. The summed E-state index contributed by atoms with van der Waals surface area (Å²) in [7, 11) is 0. The van der Waals surface area contributed by atoms with Gasteiger partial charge in [-0.2, -0.15) is 0 Å². The molecule has 1 aromatic heterocycles. The third-order valence-corrected chi connectivity index (χ3v) is 3.18. The van der Waals surface area contributed by atoms with Gasteiger partial charge in [-0.1, -0.05) is 18.2 Å². The summed E-state index contributed by atoms with van der Waals surface area (Å²) in [4.78, 5) is 26.4. The molecule has 0 fully saturated rings. The lowest BCUT2D eigenvalue weighted by Crippen LogP contribution is -2.30. The molecule has 24 heavy (non-hydrogen) atoms. The van der Waals surface area contributed by atoms with Crippen molar-refractivity contribution in [2.75, 3.05) is 6.54 Å². The minimum Gasteiger partial charge on any atom is -0.406 e. The number of aromatic nitrogens is 1. The predicted octanol–water partition coefficient (Wildman–Crippen LogP) is 2.55. The molecule has 0 atom stereocenters. The van der Waals surface area contributed by atoms with E-state index in [0.29, 0.717) is 11.3 Å². The fraction of sp³-hybridized carbons (Fsp3) is 0.250. The van der Waals surface area contributed by atoms with E-state index in [1.54, 1.807) is 13.0 Å². The zero-order valence-electron chi connectivity index (χ0n) is 12.7. The lowest BCUT2D eigenvalue weighted by Gasteiger charge is -2.13. The van der Waals surface area contributed by atoms with E-state index in [1.165, 1.54) is 30.5 Å². The van der Waals surface area contributed by atoms with Crippen LogP contribution in [-0.2, 0) is 6.42 Å². The summed E-state index contributed by atoms with van der Waals surface area (Å²) < 4.78 is 41.0. The van der Waals surface area contributed by atoms with Gasteiger partial charge in [-0.3, -0.25) is 9.59 Å². The minimum atomic E-state index is -4.78. The van der Waals surface area contributed by atoms with E-state index in [9.17, 15) is 22.8 Å². The van der Waals surface area contributed by atoms with Gasteiger partial charge in [0.15, 0.2) is 5.43 Å². The van der Waals surface area contributed by atoms with Crippen LogP contribution >= 0.6 is 0 Å². The number of para-hydroxylation sites is 1. The van der Waals surface area contributed by atoms with Gasteiger partial charge in [0, 0.05) is 24.5 Å². The number of pyridine rings is 1. The van der Waals surface area contributed by atoms with Crippen molar-refractivity contribution in [2.24, 2.45) is 0 Å². The smallest absolute Gasteiger partial charge is 0.406 e. The third kappa shape index (κ3) is 4.87. The average Bonchev–Trinajstić information content (AvgIpc) is 2.47. The molecule has 0 saturated heterocycles. The first-order valence-corrected chi connectivity index (χ1v) is 7.07. The van der Waals surface area contributed by atoms with Crippen molar-refractivity contribution < 1.29 is 22.7 Å². The van der Waals surface area contributed by atoms with Crippen LogP contribution in [0, 0.1) is 6.92 Å². The highest BCUT2D eigenvalue weighted by atomic mass is 19.4. The van der Waals surface area contributed by atoms with Crippen LogP contribution < -0.4 is 15.5 Å². The number of alkyl halides is 3. The first-order valence-electron chi connectivity index (χ1n) is 7.07. The van der Waals surface area contributed by atoms with Crippen LogP contribution in [-0.4, -0.2) is 23.8 Å². The second-order valence-corrected chi connectivity index (χ2v) is 5.06. The monoisotopic (exact) mass is 340 g/mol. The number of nitrogens with one attached hydrogen (secondary N) is 2. The molecule has 2 N–H and O–H groups in total. The Balaban J connectivity index is 1.99. The molecule has 5 nitrogen and oxygen atoms in total. The number of carbonyl (C=O) groups excluding carboxylic acids is 1. The van der Waals surface area contributed by atoms with E-state index in [0.717, 1.165) is 0 Å². The van der Waals surface area contributed by atoms with Crippen LogP contribution in [0.1, 0.15) is 21.6 Å². The lowest BCUT2D eigenvalue weighted by atomic mass is 10.1. The number of ether oxygens (including phenoxy) is 1. The van der Waals surface area contributed by atoms with Gasteiger partial charge in [-0.15, -0.1) is 13.2 Å². The molecule has 2 aromatic rings. The number of H-pyrrole nitrogens is 1. The number of benzene rings is 1. The Kier molecular flexibility index (Phi) is 5.28. The van der Waals surface area contributed by atoms with E-state index in [2.05, 4.69) is 15.0 Å². The number of aromatic amines is 1. The molecule has 0 bridgehead atoms. The van der Waals surface area contributed by atoms with Gasteiger partial charge in [0.05, 0.1) is 0 Å². The van der Waals surface area contributed by atoms with Crippen molar-refractivity contribution in [1.82, 2.24) is 10.3 Å². The minimum absolute atomic E-state index is 0.0552. The van der Waals surface area contributed by atoms with Gasteiger partial charge >= 0.3 is 6.36 Å². The normalized spacial score (nSPS) is 11.2. The van der Waals surface area contributed by atoms with E-state index < -0.39 is 17.7 Å². The molecule has 2 rings (SSSR count). The van der Waals surface area contributed by atoms with Crippen LogP contribution in [0.3, 0.4) is 0 Å². The zero-order valence-corrected chi connectivity index (χ0v) is 12.7. The van der Waals surface area contributed by atoms with E-state index in [1.807, 2.05) is 0 Å². The molecule has 128 valence electrons. The van der Waals surface area contributed by atoms with E-state index in [4.69, 9.17) is 0 Å². The molecular weight excluding hydrogens is 325 g/mol. The highest BCUT2D eigenvalue weighted by Crippen LogP contribution is 2.26. The summed E-state index contributed by atoms with van der Waals surface area (Å²) in [5.41, 5.74) is 0.438. The Labute approximate surface area is 135 Å². The molecule has 0 radical (unpaired) electrons. The molecule has 0 saturated carbocycles. The van der Waals surface area contributed by atoms with Crippen LogP contribution in [0.4, 0.5) is 13.2 Å². The van der Waals surface area contributed by atoms with Crippen molar-refractivity contribution in [2.45, 2.75) is 19.7 Å². The van der Waals surface area contributed by atoms with Crippen LogP contribution in [0.5, 0.6) is 5.75 Å². The zero-order chi connectivity index (χ0) is 17.7. The Bertz CT molecular complexity index is 785. The van der Waals surface area contributed by atoms with Crippen molar-refractivity contribution in [3.8, 4) is 5.75 Å². The second-order valence-electron chi connectivity index (χ2n) is 5.06. The number of aryl methyl sites for hydroxylation is 1. The lowest BCUT2D eigenvalue weighted by molar-refractivity contribution is -0.274. The van der Waals surface area contributed by atoms with Gasteiger partial charge in [-0.25, -0.2) is 0 Å². The van der Waals surface area contributed by atoms with Crippen molar-refractivity contribution in [3.63, 3.8) is 0 Å². The SMILES string of the molecule is Cc1cc(=O)c(C(=O)NCCc2ccccc2OC(F)(F)F)c[nH]1. The molecular formula is C16H15F3N2O3. The highest BCUT2D eigenvalue weighted by Gasteiger charge is 2.31. The predicted molar refractivity (Wildman–Crippen MR) is 81.0 cm³/mol. The second kappa shape index (κ2) is 7.20. The summed E-state index contributed by atoms with van der Waals surface area (Å²) >= 11 is 0. The topological polar surface area (TPSA) is 71.2 Å². The highest BCUT2D eigenvalue weighted by molar-refractivity contribution is 5.93. The number of halogens is 3. The molecule has 1 amide bonds. The molecule has 8 heteroatoms. The number of hydrogen-bond acceptors (Lipinski definition) is 3. The maximum atomic E-state index is 12.3. The molecule has 1 aromatic carbocycles. The Morgan fingerprint density at radius 2 is 2.00 bits per heavy atom. The fourth-order valence-corrected chi connectivity index (χ4v) is 2.09. The van der Waals surface area contributed by atoms with Crippen molar-refractivity contribution in [1.29, 1.82) is 0 Å². The summed E-state index contributed by atoms with van der Waals surface area (Å²) in [6.45, 7) is 1.74. The number of carbonyl (C=O) groups is 1. The first kappa shape index (κ1) is 17.6. The van der Waals surface area contributed by atoms with Gasteiger partial charge in [0.1, 0.15) is 11.3 Å². The summed E-state index contributed by atoms with van der Waals surface area (Å²) in [6, 6.07) is 6.97. The summed E-state index contributed by atoms with van der Waals surface area (Å²) in [5, 5.41) is 2.50. The Morgan fingerprint density at radius 3 is 2.67 bits per heavy atom. The molecule has 0 aliphatic heterocycles. The van der Waals surface area contributed by atoms with Crippen molar-refractivity contribution >= 4 is 5.91 Å². The standard InChI is InChI=1S/C16H15F3N2O3/c1-10-8-13(22)12(9-21-10)15(23)20-7-6-11-4-2-3-5-14(11)24-16(17,18)19/h2-5,8-9H,6-7H2,1H3,(H,20,23)(H,21,22).